The van der Waals surface area contributed by atoms with E-state index in [2.05, 4.69) is 53.1 Å². The molecule has 0 aliphatic rings. The maximum absolute atomic E-state index is 3.82. The Morgan fingerprint density at radius 1 is 1.00 bits per heavy atom. The molecular formula is C17H35N. The fourth-order valence-corrected chi connectivity index (χ4v) is 2.19. The molecule has 0 N–H and O–H groups in total. The molecule has 0 aliphatic carbocycles. The molecule has 0 aromatic carbocycles. The van der Waals surface area contributed by atoms with Crippen LogP contribution >= 0.6 is 0 Å². The third-order valence-corrected chi connectivity index (χ3v) is 4.82. The van der Waals surface area contributed by atoms with Gasteiger partial charge in [0.25, 0.3) is 0 Å². The highest BCUT2D eigenvalue weighted by atomic mass is 15.1. The van der Waals surface area contributed by atoms with Gasteiger partial charge in [-0.15, -0.1) is 0 Å². The highest BCUT2D eigenvalue weighted by Gasteiger charge is 2.23. The van der Waals surface area contributed by atoms with Crippen molar-refractivity contribution < 1.29 is 0 Å². The Labute approximate surface area is 116 Å². The monoisotopic (exact) mass is 253 g/mol. The predicted octanol–water partition coefficient (Wildman–Crippen LogP) is 5.47. The molecule has 0 rings (SSSR count). The summed E-state index contributed by atoms with van der Waals surface area (Å²) in [7, 11) is 2.11. The minimum atomic E-state index is 0.501. The molecule has 0 bridgehead atoms. The van der Waals surface area contributed by atoms with Crippen LogP contribution < -0.4 is 0 Å². The first-order valence-corrected chi connectivity index (χ1v) is 7.61. The second-order valence-electron chi connectivity index (χ2n) is 6.95. The fraction of sp³-hybridized carbons (Fsp3) is 0.882. The average molecular weight is 253 g/mol. The van der Waals surface area contributed by atoms with Gasteiger partial charge in [-0.25, -0.2) is 0 Å². The molecule has 0 aliphatic heterocycles. The van der Waals surface area contributed by atoms with Crippen LogP contribution in [-0.4, -0.2) is 18.5 Å². The summed E-state index contributed by atoms with van der Waals surface area (Å²) in [5, 5.41) is 0. The number of nitrogens with zero attached hydrogens (tertiary/aromatic N) is 1. The zero-order valence-electron chi connectivity index (χ0n) is 13.7. The molecule has 1 heteroatoms. The summed E-state index contributed by atoms with van der Waals surface area (Å²) in [6, 6.07) is 0. The topological polar surface area (TPSA) is 3.24 Å². The van der Waals surface area contributed by atoms with Crippen LogP contribution in [0.3, 0.4) is 0 Å². The van der Waals surface area contributed by atoms with Crippen molar-refractivity contribution in [2.24, 2.45) is 10.8 Å². The lowest BCUT2D eigenvalue weighted by atomic mass is 9.76. The van der Waals surface area contributed by atoms with Gasteiger partial charge in [0, 0.05) is 13.6 Å². The highest BCUT2D eigenvalue weighted by molar-refractivity contribution is 4.78. The van der Waals surface area contributed by atoms with Gasteiger partial charge in [-0.3, -0.25) is 0 Å². The van der Waals surface area contributed by atoms with E-state index in [9.17, 15) is 0 Å². The summed E-state index contributed by atoms with van der Waals surface area (Å²) >= 11 is 0. The summed E-state index contributed by atoms with van der Waals surface area (Å²) in [5.41, 5.74) is 1.02. The first-order valence-electron chi connectivity index (χ1n) is 7.61. The van der Waals surface area contributed by atoms with Crippen molar-refractivity contribution >= 4 is 0 Å². The van der Waals surface area contributed by atoms with E-state index >= 15 is 0 Å². The molecular weight excluding hydrogens is 218 g/mol. The zero-order valence-corrected chi connectivity index (χ0v) is 13.7. The Morgan fingerprint density at radius 3 is 2.06 bits per heavy atom. The lowest BCUT2D eigenvalue weighted by molar-refractivity contribution is 0.206. The third-order valence-electron chi connectivity index (χ3n) is 4.82. The molecule has 0 saturated carbocycles. The van der Waals surface area contributed by atoms with E-state index in [0.717, 1.165) is 6.54 Å². The zero-order chi connectivity index (χ0) is 14.2. The average Bonchev–Trinajstić information content (AvgIpc) is 2.35. The van der Waals surface area contributed by atoms with Gasteiger partial charge >= 0.3 is 0 Å². The van der Waals surface area contributed by atoms with Crippen molar-refractivity contribution in [3.05, 3.63) is 12.8 Å². The highest BCUT2D eigenvalue weighted by Crippen LogP contribution is 2.35. The Bertz CT molecular complexity index is 232. The van der Waals surface area contributed by atoms with Gasteiger partial charge in [-0.2, -0.15) is 0 Å². The second kappa shape index (κ2) is 7.86. The van der Waals surface area contributed by atoms with Crippen LogP contribution in [0.2, 0.25) is 0 Å². The van der Waals surface area contributed by atoms with Crippen LogP contribution in [0.25, 0.3) is 0 Å². The van der Waals surface area contributed by atoms with Crippen molar-refractivity contribution in [3.8, 4) is 0 Å². The Kier molecular flexibility index (Phi) is 7.66. The molecule has 1 atom stereocenters. The molecule has 1 unspecified atom stereocenters. The molecule has 0 spiro atoms. The lowest BCUT2D eigenvalue weighted by Crippen LogP contribution is -2.23. The van der Waals surface area contributed by atoms with Crippen LogP contribution in [0.4, 0.5) is 0 Å². The van der Waals surface area contributed by atoms with Gasteiger partial charge in [0.1, 0.15) is 0 Å². The number of rotatable bonds is 10. The van der Waals surface area contributed by atoms with Gasteiger partial charge < -0.3 is 4.90 Å². The SMILES string of the molecule is C=CN(C)CCC(C)(CC)CCCC(C)(C)CC. The van der Waals surface area contributed by atoms with Crippen molar-refractivity contribution in [2.75, 3.05) is 13.6 Å². The molecule has 0 aromatic rings. The normalized spacial score (nSPS) is 15.2. The molecule has 0 heterocycles. The van der Waals surface area contributed by atoms with Gasteiger partial charge in [-0.05, 0) is 36.3 Å². The van der Waals surface area contributed by atoms with Crippen LogP contribution in [0, 0.1) is 10.8 Å². The predicted molar refractivity (Wildman–Crippen MR) is 83.8 cm³/mol. The molecule has 0 amide bonds. The first kappa shape index (κ1) is 17.5. The molecule has 0 aromatic heterocycles. The quantitative estimate of drug-likeness (QED) is 0.498. The maximum atomic E-state index is 3.82. The van der Waals surface area contributed by atoms with E-state index in [1.54, 1.807) is 0 Å². The number of hydrogen-bond donors (Lipinski definition) is 0. The molecule has 18 heavy (non-hydrogen) atoms. The van der Waals surface area contributed by atoms with E-state index in [4.69, 9.17) is 0 Å². The Balaban J connectivity index is 4.11. The minimum Gasteiger partial charge on any atom is -0.381 e. The Hall–Kier alpha value is -0.460. The number of hydrogen-bond acceptors (Lipinski definition) is 1. The molecule has 0 radical (unpaired) electrons. The second-order valence-corrected chi connectivity index (χ2v) is 6.95. The van der Waals surface area contributed by atoms with Crippen LogP contribution in [0.15, 0.2) is 12.8 Å². The van der Waals surface area contributed by atoms with E-state index in [0.29, 0.717) is 10.8 Å². The van der Waals surface area contributed by atoms with Crippen molar-refractivity contribution in [1.82, 2.24) is 4.90 Å². The minimum absolute atomic E-state index is 0.501. The van der Waals surface area contributed by atoms with Gasteiger partial charge in [0.2, 0.25) is 0 Å². The third kappa shape index (κ3) is 7.08. The lowest BCUT2D eigenvalue weighted by Gasteiger charge is -2.32. The van der Waals surface area contributed by atoms with Crippen LogP contribution in [0.5, 0.6) is 0 Å². The van der Waals surface area contributed by atoms with Crippen LogP contribution in [0.1, 0.15) is 73.1 Å². The van der Waals surface area contributed by atoms with Crippen LogP contribution in [-0.2, 0) is 0 Å². The summed E-state index contributed by atoms with van der Waals surface area (Å²) in [5.74, 6) is 0. The van der Waals surface area contributed by atoms with E-state index < -0.39 is 0 Å². The summed E-state index contributed by atoms with van der Waals surface area (Å²) < 4.78 is 0. The standard InChI is InChI=1S/C17H35N/c1-8-16(4,5)12-11-13-17(6,9-2)14-15-18(7)10-3/h10H,3,8-9,11-15H2,1-2,4-7H3. The van der Waals surface area contributed by atoms with Crippen molar-refractivity contribution in [2.45, 2.75) is 73.1 Å². The van der Waals surface area contributed by atoms with E-state index in [1.807, 2.05) is 6.20 Å². The van der Waals surface area contributed by atoms with E-state index in [-0.39, 0.29) is 0 Å². The molecule has 0 saturated heterocycles. The van der Waals surface area contributed by atoms with Gasteiger partial charge in [0.15, 0.2) is 0 Å². The molecule has 0 fully saturated rings. The largest absolute Gasteiger partial charge is 0.381 e. The van der Waals surface area contributed by atoms with E-state index in [1.165, 1.54) is 38.5 Å². The smallest absolute Gasteiger partial charge is 0.0174 e. The van der Waals surface area contributed by atoms with Gasteiger partial charge in [-0.1, -0.05) is 60.5 Å². The molecule has 108 valence electrons. The summed E-state index contributed by atoms with van der Waals surface area (Å²) in [6.07, 6.45) is 9.85. The first-order chi connectivity index (χ1) is 8.28. The van der Waals surface area contributed by atoms with Crippen molar-refractivity contribution in [1.29, 1.82) is 0 Å². The molecule has 1 nitrogen and oxygen atoms in total. The fourth-order valence-electron chi connectivity index (χ4n) is 2.19. The summed E-state index contributed by atoms with van der Waals surface area (Å²) in [6.45, 7) is 16.8. The maximum Gasteiger partial charge on any atom is 0.0174 e. The van der Waals surface area contributed by atoms with Gasteiger partial charge in [0.05, 0.1) is 0 Å². The van der Waals surface area contributed by atoms with Crippen molar-refractivity contribution in [3.63, 3.8) is 0 Å². The Morgan fingerprint density at radius 2 is 1.61 bits per heavy atom. The summed E-state index contributed by atoms with van der Waals surface area (Å²) in [4.78, 5) is 2.20.